The first-order valence-corrected chi connectivity index (χ1v) is 16.3. The van der Waals surface area contributed by atoms with Gasteiger partial charge in [0.15, 0.2) is 11.6 Å². The van der Waals surface area contributed by atoms with Crippen LogP contribution in [-0.4, -0.2) is 37.5 Å². The summed E-state index contributed by atoms with van der Waals surface area (Å²) >= 11 is 0. The maximum absolute atomic E-state index is 14.0. The average Bonchev–Trinajstić information content (AvgIpc) is 2.94. The van der Waals surface area contributed by atoms with Crippen molar-refractivity contribution in [2.45, 2.75) is 51.3 Å². The standard InChI is InChI=1S/C32H30N2O8S2.2Na/c1-15-13-25(43(37,38)39)17(3)19(5)29(15)33-23-11-12-24(28-27(23)31(35)21-9-7-8-10-22(21)32(28)36)34-30-16(2)14-26(44(40,41)42)18(4)20(30)6;;/h7-14,33-34H,1-6H3,(H,37,38,39)(H,40,41,42);;/q;2*+1/p-2. The van der Waals surface area contributed by atoms with Crippen molar-refractivity contribution in [3.63, 3.8) is 0 Å². The third kappa shape index (κ3) is 6.66. The summed E-state index contributed by atoms with van der Waals surface area (Å²) in [7, 11) is -9.45. The second-order valence-corrected chi connectivity index (χ2v) is 13.6. The maximum Gasteiger partial charge on any atom is 1.00 e. The molecule has 228 valence electrons. The van der Waals surface area contributed by atoms with Crippen LogP contribution in [0.25, 0.3) is 0 Å². The summed E-state index contributed by atoms with van der Waals surface area (Å²) in [4.78, 5) is 27.3. The monoisotopic (exact) mass is 678 g/mol. The topological polar surface area (TPSA) is 173 Å². The summed E-state index contributed by atoms with van der Waals surface area (Å²) in [5, 5.41) is 6.44. The molecule has 1 aliphatic carbocycles. The first kappa shape index (κ1) is 38.1. The molecule has 0 aromatic heterocycles. The Kier molecular flexibility index (Phi) is 11.3. The molecule has 0 saturated heterocycles. The van der Waals surface area contributed by atoms with Crippen LogP contribution in [0.15, 0.2) is 58.3 Å². The Morgan fingerprint density at radius 3 is 1.17 bits per heavy atom. The summed E-state index contributed by atoms with van der Waals surface area (Å²) in [6.45, 7) is 9.62. The van der Waals surface area contributed by atoms with Crippen LogP contribution in [0.2, 0.25) is 0 Å². The minimum absolute atomic E-state index is 0. The molecule has 2 N–H and O–H groups in total. The number of rotatable bonds is 6. The van der Waals surface area contributed by atoms with Crippen LogP contribution in [0.1, 0.15) is 65.2 Å². The minimum Gasteiger partial charge on any atom is -0.744 e. The normalized spacial score (nSPS) is 12.4. The SMILES string of the molecule is Cc1cc(S(=O)(=O)[O-])c(C)c(C)c1Nc1ccc(Nc2c(C)cc(S(=O)(=O)[O-])c(C)c2C)c2c1C(=O)c1ccccc1C2=O.[Na+].[Na+]. The van der Waals surface area contributed by atoms with Crippen molar-refractivity contribution in [2.75, 3.05) is 10.6 Å². The summed E-state index contributed by atoms with van der Waals surface area (Å²) in [5.41, 5.74) is 4.54. The number of fused-ring (bicyclic) bond motifs is 2. The largest absolute Gasteiger partial charge is 1.00 e. The number of carbonyl (C=O) groups is 2. The van der Waals surface area contributed by atoms with E-state index in [-0.39, 0.29) is 102 Å². The van der Waals surface area contributed by atoms with Crippen molar-refractivity contribution < 1.29 is 94.6 Å². The van der Waals surface area contributed by atoms with Crippen LogP contribution in [0, 0.1) is 41.5 Å². The summed E-state index contributed by atoms with van der Waals surface area (Å²) in [6, 6.07) is 12.2. The fourth-order valence-electron chi connectivity index (χ4n) is 5.69. The average molecular weight is 679 g/mol. The van der Waals surface area contributed by atoms with Crippen molar-refractivity contribution in [3.05, 3.63) is 104 Å². The molecule has 4 aromatic carbocycles. The number of benzene rings is 4. The number of anilines is 4. The van der Waals surface area contributed by atoms with Gasteiger partial charge in [-0.25, -0.2) is 16.8 Å². The fourth-order valence-corrected chi connectivity index (χ4v) is 7.39. The zero-order valence-electron chi connectivity index (χ0n) is 26.7. The van der Waals surface area contributed by atoms with Gasteiger partial charge in [0.2, 0.25) is 0 Å². The van der Waals surface area contributed by atoms with Crippen LogP contribution in [0.4, 0.5) is 22.7 Å². The molecule has 0 saturated carbocycles. The molecule has 0 bridgehead atoms. The van der Waals surface area contributed by atoms with Crippen molar-refractivity contribution in [3.8, 4) is 0 Å². The smallest absolute Gasteiger partial charge is 0.744 e. The third-order valence-corrected chi connectivity index (χ3v) is 10.2. The summed E-state index contributed by atoms with van der Waals surface area (Å²) in [5.74, 6) is -0.825. The van der Waals surface area contributed by atoms with Gasteiger partial charge >= 0.3 is 59.1 Å². The van der Waals surface area contributed by atoms with E-state index in [4.69, 9.17) is 0 Å². The Balaban J connectivity index is 0.00000288. The van der Waals surface area contributed by atoms with Gasteiger partial charge in [0.25, 0.3) is 0 Å². The molecule has 0 unspecified atom stereocenters. The molecule has 0 atom stereocenters. The summed E-state index contributed by atoms with van der Waals surface area (Å²) in [6.07, 6.45) is 0. The fraction of sp³-hybridized carbons (Fsp3) is 0.188. The Hall–Kier alpha value is -2.36. The van der Waals surface area contributed by atoms with E-state index in [1.807, 2.05) is 0 Å². The first-order valence-electron chi connectivity index (χ1n) is 13.5. The Morgan fingerprint density at radius 2 is 0.870 bits per heavy atom. The van der Waals surface area contributed by atoms with Gasteiger partial charge in [0.05, 0.1) is 32.3 Å². The van der Waals surface area contributed by atoms with Gasteiger partial charge in [0.1, 0.15) is 20.2 Å². The maximum atomic E-state index is 14.0. The second-order valence-electron chi connectivity index (χ2n) is 10.9. The van der Waals surface area contributed by atoms with E-state index in [1.165, 1.54) is 26.0 Å². The molecular weight excluding hydrogens is 650 g/mol. The molecule has 10 nitrogen and oxygen atoms in total. The van der Waals surface area contributed by atoms with Gasteiger partial charge in [-0.15, -0.1) is 0 Å². The first-order chi connectivity index (χ1) is 20.4. The Morgan fingerprint density at radius 1 is 0.543 bits per heavy atom. The van der Waals surface area contributed by atoms with Crippen molar-refractivity contribution in [1.82, 2.24) is 0 Å². The van der Waals surface area contributed by atoms with Crippen molar-refractivity contribution in [2.24, 2.45) is 0 Å². The van der Waals surface area contributed by atoms with Crippen LogP contribution in [-0.2, 0) is 20.2 Å². The molecule has 4 aromatic rings. The second kappa shape index (κ2) is 13.6. The van der Waals surface area contributed by atoms with Crippen LogP contribution >= 0.6 is 0 Å². The molecular formula is C32H28N2Na2O8S2. The molecule has 14 heteroatoms. The molecule has 0 radical (unpaired) electrons. The molecule has 1 aliphatic rings. The van der Waals surface area contributed by atoms with Gasteiger partial charge in [-0.05, 0) is 99.2 Å². The van der Waals surface area contributed by atoms with E-state index in [9.17, 15) is 35.5 Å². The zero-order chi connectivity index (χ0) is 32.5. The molecule has 0 aliphatic heterocycles. The van der Waals surface area contributed by atoms with Crippen molar-refractivity contribution in [1.29, 1.82) is 0 Å². The van der Waals surface area contributed by atoms with E-state index >= 15 is 0 Å². The molecule has 0 fully saturated rings. The van der Waals surface area contributed by atoms with Gasteiger partial charge in [-0.3, -0.25) is 9.59 Å². The van der Waals surface area contributed by atoms with E-state index in [0.29, 0.717) is 45.0 Å². The molecule has 0 heterocycles. The number of aryl methyl sites for hydroxylation is 2. The van der Waals surface area contributed by atoms with Crippen LogP contribution in [0.5, 0.6) is 0 Å². The van der Waals surface area contributed by atoms with E-state index in [1.54, 1.807) is 64.1 Å². The third-order valence-electron chi connectivity index (χ3n) is 8.23. The Labute approximate surface area is 312 Å². The summed E-state index contributed by atoms with van der Waals surface area (Å²) < 4.78 is 71.0. The van der Waals surface area contributed by atoms with Crippen LogP contribution in [0.3, 0.4) is 0 Å². The Bertz CT molecular complexity index is 2030. The van der Waals surface area contributed by atoms with E-state index < -0.39 is 31.8 Å². The molecule has 5 rings (SSSR count). The van der Waals surface area contributed by atoms with Gasteiger partial charge in [-0.2, -0.15) is 0 Å². The quantitative estimate of drug-likeness (QED) is 0.178. The van der Waals surface area contributed by atoms with E-state index in [2.05, 4.69) is 10.6 Å². The number of carbonyl (C=O) groups excluding carboxylic acids is 2. The van der Waals surface area contributed by atoms with Gasteiger partial charge in [-0.1, -0.05) is 24.3 Å². The molecule has 46 heavy (non-hydrogen) atoms. The predicted molar refractivity (Wildman–Crippen MR) is 164 cm³/mol. The zero-order valence-corrected chi connectivity index (χ0v) is 32.3. The molecule has 0 spiro atoms. The van der Waals surface area contributed by atoms with Crippen LogP contribution < -0.4 is 69.7 Å². The number of hydrogen-bond acceptors (Lipinski definition) is 10. The predicted octanol–water partition coefficient (Wildman–Crippen LogP) is -0.384. The number of ketones is 2. The van der Waals surface area contributed by atoms with Crippen molar-refractivity contribution >= 4 is 54.6 Å². The van der Waals surface area contributed by atoms with Gasteiger partial charge in [0, 0.05) is 22.5 Å². The molecule has 0 amide bonds. The van der Waals surface area contributed by atoms with Gasteiger partial charge < -0.3 is 19.7 Å². The minimum atomic E-state index is -4.72. The number of nitrogens with one attached hydrogen (secondary N) is 2. The number of hydrogen-bond donors (Lipinski definition) is 2. The van der Waals surface area contributed by atoms with E-state index in [0.717, 1.165) is 0 Å².